The molecule has 0 radical (unpaired) electrons. The summed E-state index contributed by atoms with van der Waals surface area (Å²) in [5.41, 5.74) is 0.233. The Morgan fingerprint density at radius 3 is 2.65 bits per heavy atom. The van der Waals surface area contributed by atoms with Gasteiger partial charge in [-0.15, -0.1) is 0 Å². The van der Waals surface area contributed by atoms with Crippen LogP contribution >= 0.6 is 0 Å². The lowest BCUT2D eigenvalue weighted by atomic mass is 9.95. The first-order valence-electron chi connectivity index (χ1n) is 8.04. The van der Waals surface area contributed by atoms with Gasteiger partial charge >= 0.3 is 0 Å². The Bertz CT molecular complexity index is 1030. The minimum atomic E-state index is -3.94. The highest BCUT2D eigenvalue weighted by Gasteiger charge is 2.46. The second-order valence-electron chi connectivity index (χ2n) is 5.90. The van der Waals surface area contributed by atoms with E-state index in [1.54, 1.807) is 25.1 Å². The molecule has 2 aromatic carbocycles. The SMILES string of the molecule is CCN1C(C(=O)c2ccc3c(c2)OCO3)C(=O)c2ccccc2S1(=O)=O. The Morgan fingerprint density at radius 1 is 1.15 bits per heavy atom. The number of carbonyl (C=O) groups is 2. The van der Waals surface area contributed by atoms with Gasteiger partial charge < -0.3 is 9.47 Å². The van der Waals surface area contributed by atoms with Crippen molar-refractivity contribution in [3.05, 3.63) is 53.6 Å². The minimum absolute atomic E-state index is 0.00334. The van der Waals surface area contributed by atoms with Crippen LogP contribution in [0, 0.1) is 0 Å². The normalized spacial score (nSPS) is 20.7. The van der Waals surface area contributed by atoms with E-state index in [1.165, 1.54) is 24.3 Å². The van der Waals surface area contributed by atoms with E-state index in [2.05, 4.69) is 0 Å². The number of fused-ring (bicyclic) bond motifs is 2. The molecule has 4 rings (SSSR count). The molecule has 2 heterocycles. The number of likely N-dealkylation sites (N-methyl/N-ethyl adjacent to an activating group) is 1. The summed E-state index contributed by atoms with van der Waals surface area (Å²) in [5, 5.41) is 0. The summed E-state index contributed by atoms with van der Waals surface area (Å²) in [6, 6.07) is 9.06. The van der Waals surface area contributed by atoms with Gasteiger partial charge in [-0.3, -0.25) is 9.59 Å². The zero-order valence-corrected chi connectivity index (χ0v) is 14.7. The van der Waals surface area contributed by atoms with Crippen LogP contribution in [0.3, 0.4) is 0 Å². The van der Waals surface area contributed by atoms with E-state index in [9.17, 15) is 18.0 Å². The lowest BCUT2D eigenvalue weighted by molar-refractivity contribution is 0.0771. The zero-order valence-electron chi connectivity index (χ0n) is 13.8. The monoisotopic (exact) mass is 373 g/mol. The fraction of sp³-hybridized carbons (Fsp3) is 0.222. The first kappa shape index (κ1) is 16.7. The quantitative estimate of drug-likeness (QED) is 0.603. The molecule has 7 nitrogen and oxygen atoms in total. The highest BCUT2D eigenvalue weighted by molar-refractivity contribution is 7.89. The summed E-state index contributed by atoms with van der Waals surface area (Å²) in [6.07, 6.45) is 0. The number of sulfonamides is 1. The van der Waals surface area contributed by atoms with E-state index in [4.69, 9.17) is 9.47 Å². The highest BCUT2D eigenvalue weighted by atomic mass is 32.2. The van der Waals surface area contributed by atoms with Crippen LogP contribution in [0.25, 0.3) is 0 Å². The maximum atomic E-state index is 13.1. The van der Waals surface area contributed by atoms with Gasteiger partial charge in [0.05, 0.1) is 4.90 Å². The van der Waals surface area contributed by atoms with Crippen LogP contribution in [-0.4, -0.2) is 43.7 Å². The van der Waals surface area contributed by atoms with Gasteiger partial charge in [0.15, 0.2) is 29.1 Å². The van der Waals surface area contributed by atoms with Crippen molar-refractivity contribution in [3.63, 3.8) is 0 Å². The van der Waals surface area contributed by atoms with Crippen molar-refractivity contribution in [2.45, 2.75) is 17.9 Å². The zero-order chi connectivity index (χ0) is 18.5. The first-order chi connectivity index (χ1) is 12.4. The third-order valence-corrected chi connectivity index (χ3v) is 6.49. The number of carbonyl (C=O) groups excluding carboxylic acids is 2. The third kappa shape index (κ3) is 2.33. The molecule has 2 aromatic rings. The molecule has 1 unspecified atom stereocenters. The second kappa shape index (κ2) is 5.93. The van der Waals surface area contributed by atoms with Crippen molar-refractivity contribution in [1.82, 2.24) is 4.31 Å². The van der Waals surface area contributed by atoms with Crippen LogP contribution in [0.4, 0.5) is 0 Å². The van der Waals surface area contributed by atoms with Gasteiger partial charge in [0, 0.05) is 17.7 Å². The van der Waals surface area contributed by atoms with Gasteiger partial charge in [0.2, 0.25) is 16.8 Å². The molecule has 0 fully saturated rings. The summed E-state index contributed by atoms with van der Waals surface area (Å²) >= 11 is 0. The van der Waals surface area contributed by atoms with Crippen molar-refractivity contribution >= 4 is 21.6 Å². The predicted octanol–water partition coefficient (Wildman–Crippen LogP) is 1.87. The minimum Gasteiger partial charge on any atom is -0.454 e. The molecule has 2 aliphatic heterocycles. The largest absolute Gasteiger partial charge is 0.454 e. The standard InChI is InChI=1S/C18H15NO6S/c1-2-19-16(17(20)11-7-8-13-14(9-11)25-10-24-13)18(21)12-5-3-4-6-15(12)26(19,22)23/h3-9,16H,2,10H2,1H3. The number of nitrogens with zero attached hydrogens (tertiary/aromatic N) is 1. The second-order valence-corrected chi connectivity index (χ2v) is 7.76. The van der Waals surface area contributed by atoms with Gasteiger partial charge in [-0.05, 0) is 30.3 Å². The Kier molecular flexibility index (Phi) is 3.82. The maximum absolute atomic E-state index is 13.1. The van der Waals surface area contributed by atoms with Crippen LogP contribution in [0.15, 0.2) is 47.4 Å². The van der Waals surface area contributed by atoms with Gasteiger partial charge in [-0.2, -0.15) is 4.31 Å². The molecular weight excluding hydrogens is 358 g/mol. The van der Waals surface area contributed by atoms with Crippen LogP contribution < -0.4 is 9.47 Å². The molecule has 0 N–H and O–H groups in total. The third-order valence-electron chi connectivity index (χ3n) is 4.49. The van der Waals surface area contributed by atoms with Crippen molar-refractivity contribution in [2.75, 3.05) is 13.3 Å². The van der Waals surface area contributed by atoms with E-state index in [0.29, 0.717) is 11.5 Å². The molecule has 2 aliphatic rings. The summed E-state index contributed by atoms with van der Waals surface area (Å²) in [5.74, 6) is -0.222. The number of ketones is 2. The molecule has 0 spiro atoms. The van der Waals surface area contributed by atoms with Crippen molar-refractivity contribution < 1.29 is 27.5 Å². The van der Waals surface area contributed by atoms with Gasteiger partial charge in [-0.25, -0.2) is 8.42 Å². The molecule has 0 bridgehead atoms. The van der Waals surface area contributed by atoms with E-state index < -0.39 is 27.6 Å². The van der Waals surface area contributed by atoms with E-state index in [-0.39, 0.29) is 29.4 Å². The van der Waals surface area contributed by atoms with Crippen LogP contribution in [0.5, 0.6) is 11.5 Å². The molecular formula is C18H15NO6S. The van der Waals surface area contributed by atoms with E-state index in [1.807, 2.05) is 0 Å². The van der Waals surface area contributed by atoms with Gasteiger partial charge in [-0.1, -0.05) is 19.1 Å². The number of hydrogen-bond donors (Lipinski definition) is 0. The molecule has 134 valence electrons. The van der Waals surface area contributed by atoms with Gasteiger partial charge in [0.1, 0.15) is 0 Å². The van der Waals surface area contributed by atoms with Crippen molar-refractivity contribution in [1.29, 1.82) is 0 Å². The first-order valence-corrected chi connectivity index (χ1v) is 9.48. The van der Waals surface area contributed by atoms with Crippen LogP contribution in [0.2, 0.25) is 0 Å². The molecule has 1 atom stereocenters. The number of benzene rings is 2. The number of hydrogen-bond acceptors (Lipinski definition) is 6. The Morgan fingerprint density at radius 2 is 1.88 bits per heavy atom. The van der Waals surface area contributed by atoms with Gasteiger partial charge in [0.25, 0.3) is 0 Å². The lowest BCUT2D eigenvalue weighted by Gasteiger charge is -2.33. The summed E-state index contributed by atoms with van der Waals surface area (Å²) in [4.78, 5) is 25.9. The molecule has 0 amide bonds. The highest BCUT2D eigenvalue weighted by Crippen LogP contribution is 2.35. The molecule has 26 heavy (non-hydrogen) atoms. The average Bonchev–Trinajstić information content (AvgIpc) is 3.11. The van der Waals surface area contributed by atoms with Crippen molar-refractivity contribution in [2.24, 2.45) is 0 Å². The fourth-order valence-electron chi connectivity index (χ4n) is 3.25. The Hall–Kier alpha value is -2.71. The predicted molar refractivity (Wildman–Crippen MR) is 91.0 cm³/mol. The average molecular weight is 373 g/mol. The Balaban J connectivity index is 1.82. The van der Waals surface area contributed by atoms with Crippen LogP contribution in [0.1, 0.15) is 27.6 Å². The lowest BCUT2D eigenvalue weighted by Crippen LogP contribution is -2.53. The van der Waals surface area contributed by atoms with E-state index in [0.717, 1.165) is 4.31 Å². The molecule has 0 saturated heterocycles. The Labute approximate surface area is 150 Å². The number of Topliss-reactive ketones (excluding diaryl/α,β-unsaturated/α-hetero) is 2. The summed E-state index contributed by atoms with van der Waals surface area (Å²) < 4.78 is 37.2. The molecule has 0 aliphatic carbocycles. The molecule has 0 aromatic heterocycles. The van der Waals surface area contributed by atoms with E-state index >= 15 is 0 Å². The topological polar surface area (TPSA) is 90.0 Å². The summed E-state index contributed by atoms with van der Waals surface area (Å²) in [7, 11) is -3.94. The molecule has 8 heteroatoms. The smallest absolute Gasteiger partial charge is 0.244 e. The van der Waals surface area contributed by atoms with Crippen molar-refractivity contribution in [3.8, 4) is 11.5 Å². The van der Waals surface area contributed by atoms with Crippen LogP contribution in [-0.2, 0) is 10.0 Å². The molecule has 0 saturated carbocycles. The number of rotatable bonds is 3. The summed E-state index contributed by atoms with van der Waals surface area (Å²) in [6.45, 7) is 1.65. The fourth-order valence-corrected chi connectivity index (χ4v) is 5.01. The maximum Gasteiger partial charge on any atom is 0.244 e. The number of ether oxygens (including phenoxy) is 2.